The quantitative estimate of drug-likeness (QED) is 0.585. The van der Waals surface area contributed by atoms with E-state index in [4.69, 9.17) is 10.4 Å². The Bertz CT molecular complexity index is 482. The molecule has 0 heterocycles. The van der Waals surface area contributed by atoms with E-state index in [0.717, 1.165) is 5.75 Å². The molecule has 0 aliphatic heterocycles. The van der Waals surface area contributed by atoms with Crippen LogP contribution in [0.1, 0.15) is 12.0 Å². The van der Waals surface area contributed by atoms with Gasteiger partial charge < -0.3 is 10.4 Å². The first-order chi connectivity index (χ1) is 9.12. The largest absolute Gasteiger partial charge is 0.396 e. The number of nitrogens with zero attached hydrogens (tertiary/aromatic N) is 2. The molecular weight excluding hydrogens is 266 g/mol. The first kappa shape index (κ1) is 15.3. The Morgan fingerprint density at radius 2 is 2.37 bits per heavy atom. The van der Waals surface area contributed by atoms with Crippen molar-refractivity contribution in [3.8, 4) is 6.07 Å². The number of aliphatic hydroxyl groups is 1. The van der Waals surface area contributed by atoms with Gasteiger partial charge in [0.1, 0.15) is 6.07 Å². The number of nitriles is 1. The Morgan fingerprint density at radius 1 is 1.63 bits per heavy atom. The maximum absolute atomic E-state index is 10.6. The fraction of sp³-hybridized carbons (Fsp3) is 0.417. The second-order valence-electron chi connectivity index (χ2n) is 3.91. The van der Waals surface area contributed by atoms with E-state index in [2.05, 4.69) is 5.32 Å². The van der Waals surface area contributed by atoms with Crippen LogP contribution in [0.2, 0.25) is 0 Å². The van der Waals surface area contributed by atoms with E-state index in [1.54, 1.807) is 11.8 Å². The van der Waals surface area contributed by atoms with Gasteiger partial charge in [0.05, 0.1) is 16.2 Å². The molecule has 0 fully saturated rings. The van der Waals surface area contributed by atoms with Crippen LogP contribution in [-0.2, 0) is 0 Å². The molecule has 1 aromatic rings. The Hall–Kier alpha value is -1.78. The molecule has 0 bridgehead atoms. The predicted molar refractivity (Wildman–Crippen MR) is 75.3 cm³/mol. The zero-order valence-electron chi connectivity index (χ0n) is 10.5. The molecule has 0 amide bonds. The van der Waals surface area contributed by atoms with Gasteiger partial charge in [-0.3, -0.25) is 10.1 Å². The molecule has 102 valence electrons. The van der Waals surface area contributed by atoms with E-state index >= 15 is 0 Å². The summed E-state index contributed by atoms with van der Waals surface area (Å²) in [5.41, 5.74) is 0.685. The van der Waals surface area contributed by atoms with Crippen molar-refractivity contribution < 1.29 is 10.0 Å². The van der Waals surface area contributed by atoms with Gasteiger partial charge in [-0.05, 0) is 18.7 Å². The molecule has 1 rings (SSSR count). The lowest BCUT2D eigenvalue weighted by molar-refractivity contribution is -0.384. The third kappa shape index (κ3) is 4.43. The normalized spacial score (nSPS) is 11.6. The zero-order chi connectivity index (χ0) is 14.3. The summed E-state index contributed by atoms with van der Waals surface area (Å²) in [5.74, 6) is 0.780. The smallest absolute Gasteiger partial charge is 0.270 e. The van der Waals surface area contributed by atoms with Gasteiger partial charge in [0, 0.05) is 30.5 Å². The highest BCUT2D eigenvalue weighted by molar-refractivity contribution is 7.98. The second-order valence-corrected chi connectivity index (χ2v) is 4.82. The summed E-state index contributed by atoms with van der Waals surface area (Å²) in [4.78, 5) is 10.1. The summed E-state index contributed by atoms with van der Waals surface area (Å²) in [5, 5.41) is 31.8. The maximum atomic E-state index is 10.6. The van der Waals surface area contributed by atoms with E-state index in [1.807, 2.05) is 12.3 Å². The summed E-state index contributed by atoms with van der Waals surface area (Å²) in [6.45, 7) is 0.0487. The van der Waals surface area contributed by atoms with Gasteiger partial charge in [-0.1, -0.05) is 0 Å². The predicted octanol–water partition coefficient (Wildman–Crippen LogP) is 1.99. The van der Waals surface area contributed by atoms with Crippen molar-refractivity contribution in [2.45, 2.75) is 12.5 Å². The van der Waals surface area contributed by atoms with Crippen molar-refractivity contribution in [1.29, 1.82) is 5.26 Å². The molecule has 0 spiro atoms. The van der Waals surface area contributed by atoms with E-state index in [9.17, 15) is 10.1 Å². The number of thioether (sulfide) groups is 1. The van der Waals surface area contributed by atoms with Crippen LogP contribution in [0.15, 0.2) is 18.2 Å². The Kier molecular flexibility index (Phi) is 6.12. The standard InChI is InChI=1S/C12H15N3O3S/c1-19-8-10(4-5-16)14-12-3-2-11(15(17)18)6-9(12)7-13/h2-3,6,10,14,16H,4-5,8H2,1H3/t10-/m0/s1. The van der Waals surface area contributed by atoms with Gasteiger partial charge in [0.2, 0.25) is 0 Å². The molecule has 0 radical (unpaired) electrons. The van der Waals surface area contributed by atoms with Gasteiger partial charge >= 0.3 is 0 Å². The third-order valence-electron chi connectivity index (χ3n) is 2.54. The summed E-state index contributed by atoms with van der Waals surface area (Å²) in [7, 11) is 0. The van der Waals surface area contributed by atoms with Crippen LogP contribution in [-0.4, -0.2) is 34.7 Å². The number of aliphatic hydroxyl groups excluding tert-OH is 1. The van der Waals surface area contributed by atoms with E-state index in [-0.39, 0.29) is 23.9 Å². The highest BCUT2D eigenvalue weighted by atomic mass is 32.2. The average molecular weight is 281 g/mol. The molecule has 7 heteroatoms. The van der Waals surface area contributed by atoms with Gasteiger partial charge in [-0.15, -0.1) is 0 Å². The Morgan fingerprint density at radius 3 is 2.89 bits per heavy atom. The minimum atomic E-state index is -0.530. The number of benzene rings is 1. The Labute approximate surface area is 115 Å². The molecular formula is C12H15N3O3S. The van der Waals surface area contributed by atoms with E-state index in [0.29, 0.717) is 12.1 Å². The van der Waals surface area contributed by atoms with Crippen LogP contribution in [0.25, 0.3) is 0 Å². The monoisotopic (exact) mass is 281 g/mol. The van der Waals surface area contributed by atoms with Gasteiger partial charge in [0.25, 0.3) is 5.69 Å². The lowest BCUT2D eigenvalue weighted by Crippen LogP contribution is -2.24. The van der Waals surface area contributed by atoms with E-state index < -0.39 is 4.92 Å². The van der Waals surface area contributed by atoms with Crippen molar-refractivity contribution >= 4 is 23.1 Å². The average Bonchev–Trinajstić information content (AvgIpc) is 2.39. The molecule has 0 aromatic heterocycles. The number of rotatable bonds is 7. The van der Waals surface area contributed by atoms with Crippen molar-refractivity contribution in [3.63, 3.8) is 0 Å². The number of nitrogens with one attached hydrogen (secondary N) is 1. The lowest BCUT2D eigenvalue weighted by Gasteiger charge is -2.18. The molecule has 0 aliphatic carbocycles. The van der Waals surface area contributed by atoms with Gasteiger partial charge in [-0.25, -0.2) is 0 Å². The fourth-order valence-corrected chi connectivity index (χ4v) is 2.29. The minimum absolute atomic E-state index is 0.0218. The van der Waals surface area contributed by atoms with Crippen molar-refractivity contribution in [3.05, 3.63) is 33.9 Å². The molecule has 0 saturated carbocycles. The zero-order valence-corrected chi connectivity index (χ0v) is 11.3. The summed E-state index contributed by atoms with van der Waals surface area (Å²) < 4.78 is 0. The summed E-state index contributed by atoms with van der Waals surface area (Å²) in [6, 6.07) is 6.10. The first-order valence-electron chi connectivity index (χ1n) is 5.67. The van der Waals surface area contributed by atoms with Gasteiger partial charge in [-0.2, -0.15) is 17.0 Å². The molecule has 1 aromatic carbocycles. The second kappa shape index (κ2) is 7.61. The maximum Gasteiger partial charge on any atom is 0.270 e. The molecule has 19 heavy (non-hydrogen) atoms. The van der Waals surface area contributed by atoms with Crippen LogP contribution in [0, 0.1) is 21.4 Å². The van der Waals surface area contributed by atoms with Crippen molar-refractivity contribution in [2.24, 2.45) is 0 Å². The third-order valence-corrected chi connectivity index (χ3v) is 3.28. The number of hydrogen-bond acceptors (Lipinski definition) is 6. The molecule has 2 N–H and O–H groups in total. The van der Waals surface area contributed by atoms with Crippen LogP contribution < -0.4 is 5.32 Å². The van der Waals surface area contributed by atoms with Crippen LogP contribution in [0.4, 0.5) is 11.4 Å². The number of non-ortho nitro benzene ring substituents is 1. The Balaban J connectivity index is 2.93. The summed E-state index contributed by atoms with van der Waals surface area (Å²) >= 11 is 1.63. The number of hydrogen-bond donors (Lipinski definition) is 2. The highest BCUT2D eigenvalue weighted by Gasteiger charge is 2.13. The molecule has 6 nitrogen and oxygen atoms in total. The SMILES string of the molecule is CSC[C@H](CCO)Nc1ccc([N+](=O)[O-])cc1C#N. The molecule has 0 aliphatic rings. The minimum Gasteiger partial charge on any atom is -0.396 e. The molecule has 1 atom stereocenters. The van der Waals surface area contributed by atoms with Crippen molar-refractivity contribution in [2.75, 3.05) is 23.9 Å². The van der Waals surface area contributed by atoms with E-state index in [1.165, 1.54) is 18.2 Å². The lowest BCUT2D eigenvalue weighted by atomic mass is 10.1. The number of nitro benzene ring substituents is 1. The first-order valence-corrected chi connectivity index (χ1v) is 7.06. The van der Waals surface area contributed by atoms with Gasteiger partial charge in [0.15, 0.2) is 0 Å². The fourth-order valence-electron chi connectivity index (χ4n) is 1.64. The van der Waals surface area contributed by atoms with Crippen LogP contribution in [0.3, 0.4) is 0 Å². The number of anilines is 1. The highest BCUT2D eigenvalue weighted by Crippen LogP contribution is 2.23. The number of nitro groups is 1. The summed E-state index contributed by atoms with van der Waals surface area (Å²) in [6.07, 6.45) is 2.51. The molecule has 0 saturated heterocycles. The van der Waals surface area contributed by atoms with Crippen LogP contribution >= 0.6 is 11.8 Å². The molecule has 0 unspecified atom stereocenters. The van der Waals surface area contributed by atoms with Crippen molar-refractivity contribution in [1.82, 2.24) is 0 Å². The topological polar surface area (TPSA) is 99.2 Å². The van der Waals surface area contributed by atoms with Crippen LogP contribution in [0.5, 0.6) is 0 Å².